The van der Waals surface area contributed by atoms with Crippen LogP contribution in [0.2, 0.25) is 0 Å². The minimum atomic E-state index is -0.146. The third-order valence-corrected chi connectivity index (χ3v) is 4.22. The van der Waals surface area contributed by atoms with Crippen LogP contribution < -0.4 is 0 Å². The lowest BCUT2D eigenvalue weighted by Crippen LogP contribution is -2.38. The highest BCUT2D eigenvalue weighted by molar-refractivity contribution is 6.00. The number of piperidine rings is 1. The number of likely N-dealkylation sites (tertiary alicyclic amines) is 1. The summed E-state index contributed by atoms with van der Waals surface area (Å²) < 4.78 is 0. The Balaban J connectivity index is 1.92. The van der Waals surface area contributed by atoms with Gasteiger partial charge in [-0.2, -0.15) is 0 Å². The fourth-order valence-corrected chi connectivity index (χ4v) is 2.82. The van der Waals surface area contributed by atoms with Crippen LogP contribution in [0.1, 0.15) is 37.0 Å². The first kappa shape index (κ1) is 14.9. The monoisotopic (exact) mass is 277 g/mol. The van der Waals surface area contributed by atoms with Crippen LogP contribution in [0, 0.1) is 11.8 Å². The summed E-state index contributed by atoms with van der Waals surface area (Å²) in [7, 11) is 0. The highest BCUT2D eigenvalue weighted by Gasteiger charge is 2.23. The molecular weight excluding hydrogens is 254 g/mol. The Bertz CT molecular complexity index is 477. The molecule has 1 aromatic carbocycles. The Morgan fingerprint density at radius 1 is 1.30 bits per heavy atom. The van der Waals surface area contributed by atoms with Crippen molar-refractivity contribution < 1.29 is 15.0 Å². The number of rotatable bonds is 4. The summed E-state index contributed by atoms with van der Waals surface area (Å²) >= 11 is 0. The number of carbonyl (C=O) groups is 1. The molecule has 0 saturated carbocycles. The molecule has 0 amide bonds. The molecule has 4 heteroatoms. The van der Waals surface area contributed by atoms with Gasteiger partial charge in [0.05, 0.1) is 12.1 Å². The van der Waals surface area contributed by atoms with Gasteiger partial charge in [0.1, 0.15) is 11.5 Å². The normalized spacial score (nSPS) is 17.6. The van der Waals surface area contributed by atoms with Gasteiger partial charge >= 0.3 is 0 Å². The molecule has 1 fully saturated rings. The van der Waals surface area contributed by atoms with Crippen LogP contribution in [-0.2, 0) is 0 Å². The number of benzene rings is 1. The quantitative estimate of drug-likeness (QED) is 0.831. The van der Waals surface area contributed by atoms with Crippen LogP contribution in [0.15, 0.2) is 18.2 Å². The number of hydrogen-bond donors (Lipinski definition) is 2. The zero-order chi connectivity index (χ0) is 14.7. The van der Waals surface area contributed by atoms with Gasteiger partial charge in [-0.1, -0.05) is 13.8 Å². The molecule has 0 aliphatic carbocycles. The number of carbonyl (C=O) groups excluding carboxylic acids is 1. The van der Waals surface area contributed by atoms with Crippen LogP contribution in [0.5, 0.6) is 11.5 Å². The van der Waals surface area contributed by atoms with E-state index in [2.05, 4.69) is 18.7 Å². The van der Waals surface area contributed by atoms with Gasteiger partial charge < -0.3 is 10.2 Å². The van der Waals surface area contributed by atoms with E-state index in [9.17, 15) is 15.0 Å². The lowest BCUT2D eigenvalue weighted by atomic mass is 9.86. The molecule has 4 nitrogen and oxygen atoms in total. The van der Waals surface area contributed by atoms with Crippen molar-refractivity contribution in [3.63, 3.8) is 0 Å². The molecule has 0 unspecified atom stereocenters. The zero-order valence-corrected chi connectivity index (χ0v) is 12.2. The van der Waals surface area contributed by atoms with Gasteiger partial charge in [-0.3, -0.25) is 9.69 Å². The van der Waals surface area contributed by atoms with E-state index in [1.165, 1.54) is 18.2 Å². The van der Waals surface area contributed by atoms with Crippen molar-refractivity contribution in [2.24, 2.45) is 11.8 Å². The minimum absolute atomic E-state index is 0.0307. The van der Waals surface area contributed by atoms with E-state index in [4.69, 9.17) is 0 Å². The average Bonchev–Trinajstić information content (AvgIpc) is 2.39. The summed E-state index contributed by atoms with van der Waals surface area (Å²) in [5.74, 6) is 1.19. The average molecular weight is 277 g/mol. The summed E-state index contributed by atoms with van der Waals surface area (Å²) in [5, 5.41) is 18.9. The Hall–Kier alpha value is -1.55. The number of Topliss-reactive ketones (excluding diaryl/α,β-unsaturated/α-hetero) is 1. The number of phenols is 2. The van der Waals surface area contributed by atoms with Crippen LogP contribution in [0.3, 0.4) is 0 Å². The first-order valence-electron chi connectivity index (χ1n) is 7.25. The lowest BCUT2D eigenvalue weighted by Gasteiger charge is -2.33. The molecule has 1 aromatic rings. The van der Waals surface area contributed by atoms with Gasteiger partial charge in [0, 0.05) is 6.07 Å². The first-order valence-corrected chi connectivity index (χ1v) is 7.25. The van der Waals surface area contributed by atoms with E-state index in [0.717, 1.165) is 31.8 Å². The molecule has 2 rings (SSSR count). The lowest BCUT2D eigenvalue weighted by molar-refractivity contribution is 0.0877. The van der Waals surface area contributed by atoms with Crippen LogP contribution >= 0.6 is 0 Å². The van der Waals surface area contributed by atoms with Gasteiger partial charge in [-0.05, 0) is 49.9 Å². The molecule has 0 bridgehead atoms. The molecule has 1 aliphatic heterocycles. The Morgan fingerprint density at radius 3 is 2.50 bits per heavy atom. The van der Waals surface area contributed by atoms with Crippen LogP contribution in [0.4, 0.5) is 0 Å². The van der Waals surface area contributed by atoms with Crippen molar-refractivity contribution in [2.75, 3.05) is 19.6 Å². The van der Waals surface area contributed by atoms with E-state index < -0.39 is 0 Å². The van der Waals surface area contributed by atoms with Gasteiger partial charge in [0.2, 0.25) is 0 Å². The van der Waals surface area contributed by atoms with Crippen molar-refractivity contribution in [1.29, 1.82) is 0 Å². The second-order valence-electron chi connectivity index (χ2n) is 5.98. The maximum atomic E-state index is 12.2. The van der Waals surface area contributed by atoms with E-state index >= 15 is 0 Å². The predicted molar refractivity (Wildman–Crippen MR) is 78.1 cm³/mol. The molecule has 0 atom stereocenters. The molecule has 1 saturated heterocycles. The second-order valence-corrected chi connectivity index (χ2v) is 5.98. The van der Waals surface area contributed by atoms with Crippen LogP contribution in [-0.4, -0.2) is 40.5 Å². The number of hydrogen-bond acceptors (Lipinski definition) is 4. The van der Waals surface area contributed by atoms with Gasteiger partial charge in [-0.15, -0.1) is 0 Å². The zero-order valence-electron chi connectivity index (χ0n) is 12.2. The number of ketones is 1. The Kier molecular flexibility index (Phi) is 4.65. The van der Waals surface area contributed by atoms with Crippen molar-refractivity contribution in [3.8, 4) is 11.5 Å². The summed E-state index contributed by atoms with van der Waals surface area (Å²) in [6, 6.07) is 4.12. The summed E-state index contributed by atoms with van der Waals surface area (Å²) in [4.78, 5) is 14.3. The number of aromatic hydroxyl groups is 2. The largest absolute Gasteiger partial charge is 0.508 e. The van der Waals surface area contributed by atoms with Crippen LogP contribution in [0.25, 0.3) is 0 Å². The topological polar surface area (TPSA) is 60.8 Å². The van der Waals surface area contributed by atoms with Gasteiger partial charge in [-0.25, -0.2) is 0 Å². The molecule has 110 valence electrons. The SMILES string of the molecule is CC(C)C1CCN(CC(=O)c2ccc(O)cc2O)CC1. The van der Waals surface area contributed by atoms with Crippen molar-refractivity contribution in [1.82, 2.24) is 4.90 Å². The van der Waals surface area contributed by atoms with Crippen molar-refractivity contribution in [3.05, 3.63) is 23.8 Å². The summed E-state index contributed by atoms with van der Waals surface area (Å²) in [6.45, 7) is 6.71. The van der Waals surface area contributed by atoms with E-state index in [1.54, 1.807) is 0 Å². The molecule has 0 aromatic heterocycles. The van der Waals surface area contributed by atoms with Gasteiger partial charge in [0.25, 0.3) is 0 Å². The fraction of sp³-hybridized carbons (Fsp3) is 0.562. The highest BCUT2D eigenvalue weighted by atomic mass is 16.3. The molecule has 2 N–H and O–H groups in total. The summed E-state index contributed by atoms with van der Waals surface area (Å²) in [6.07, 6.45) is 2.26. The van der Waals surface area contributed by atoms with Gasteiger partial charge in [0.15, 0.2) is 5.78 Å². The number of phenolic OH excluding ortho intramolecular Hbond substituents is 2. The van der Waals surface area contributed by atoms with E-state index in [-0.39, 0.29) is 22.8 Å². The Labute approximate surface area is 120 Å². The molecule has 20 heavy (non-hydrogen) atoms. The fourth-order valence-electron chi connectivity index (χ4n) is 2.82. The number of nitrogens with zero attached hydrogens (tertiary/aromatic N) is 1. The molecule has 0 spiro atoms. The third kappa shape index (κ3) is 3.51. The molecular formula is C16H23NO3. The first-order chi connectivity index (χ1) is 9.47. The molecule has 1 heterocycles. The van der Waals surface area contributed by atoms with Crippen molar-refractivity contribution in [2.45, 2.75) is 26.7 Å². The minimum Gasteiger partial charge on any atom is -0.508 e. The highest BCUT2D eigenvalue weighted by Crippen LogP contribution is 2.26. The smallest absolute Gasteiger partial charge is 0.180 e. The van der Waals surface area contributed by atoms with E-state index in [0.29, 0.717) is 12.5 Å². The predicted octanol–water partition coefficient (Wildman–Crippen LogP) is 2.65. The second kappa shape index (κ2) is 6.27. The van der Waals surface area contributed by atoms with Crippen molar-refractivity contribution >= 4 is 5.78 Å². The maximum absolute atomic E-state index is 12.2. The molecule has 0 radical (unpaired) electrons. The Morgan fingerprint density at radius 2 is 1.95 bits per heavy atom. The summed E-state index contributed by atoms with van der Waals surface area (Å²) in [5.41, 5.74) is 0.286. The van der Waals surface area contributed by atoms with E-state index in [1.807, 2.05) is 0 Å². The third-order valence-electron chi connectivity index (χ3n) is 4.22. The molecule has 1 aliphatic rings. The standard InChI is InChI=1S/C16H23NO3/c1-11(2)12-5-7-17(8-6-12)10-16(20)14-4-3-13(18)9-15(14)19/h3-4,9,11-12,18-19H,5-8,10H2,1-2H3. The maximum Gasteiger partial charge on any atom is 0.180 e.